The van der Waals surface area contributed by atoms with E-state index in [0.717, 1.165) is 0 Å². The third kappa shape index (κ3) is 3.81. The minimum absolute atomic E-state index is 0.103. The molecule has 0 amide bonds. The molecule has 3 rings (SSSR count). The number of carbonyl (C=O) groups is 1. The molecule has 0 saturated carbocycles. The Hall–Kier alpha value is -2.85. The van der Waals surface area contributed by atoms with Crippen molar-refractivity contribution in [2.24, 2.45) is 0 Å². The number of hydrogen-bond donors (Lipinski definition) is 0. The first-order valence-electron chi connectivity index (χ1n) is 8.26. The standard InChI is InChI=1S/C17H18N4O5S/c1-13(22)14-4-6-15(7-5-14)27(25,26)20-11-9-19(10-12-20)17-16(21(23)24)3-2-8-18-17/h2-8H,9-12H2,1H3. The highest BCUT2D eigenvalue weighted by atomic mass is 32.2. The maximum Gasteiger partial charge on any atom is 0.311 e. The van der Waals surface area contributed by atoms with Gasteiger partial charge in [-0.25, -0.2) is 13.4 Å². The van der Waals surface area contributed by atoms with E-state index in [-0.39, 0.29) is 35.3 Å². The second kappa shape index (κ2) is 7.41. The molecule has 0 radical (unpaired) electrons. The maximum atomic E-state index is 12.8. The number of hydrogen-bond acceptors (Lipinski definition) is 7. The Bertz CT molecular complexity index is 967. The van der Waals surface area contributed by atoms with Gasteiger partial charge in [-0.2, -0.15) is 4.31 Å². The van der Waals surface area contributed by atoms with Gasteiger partial charge in [0.05, 0.1) is 9.82 Å². The molecule has 0 unspecified atom stereocenters. The number of ketones is 1. The van der Waals surface area contributed by atoms with Gasteiger partial charge in [0, 0.05) is 44.0 Å². The number of pyridine rings is 1. The van der Waals surface area contributed by atoms with Crippen LogP contribution in [0, 0.1) is 10.1 Å². The average molecular weight is 390 g/mol. The number of nitrogens with zero attached hydrogens (tertiary/aromatic N) is 4. The molecule has 1 aliphatic rings. The molecule has 0 bridgehead atoms. The lowest BCUT2D eigenvalue weighted by Crippen LogP contribution is -2.49. The zero-order valence-electron chi connectivity index (χ0n) is 14.6. The van der Waals surface area contributed by atoms with Gasteiger partial charge in [0.1, 0.15) is 0 Å². The Kier molecular flexibility index (Phi) is 5.19. The fraction of sp³-hybridized carbons (Fsp3) is 0.294. The van der Waals surface area contributed by atoms with E-state index >= 15 is 0 Å². The number of carbonyl (C=O) groups excluding carboxylic acids is 1. The molecule has 2 aromatic rings. The van der Waals surface area contributed by atoms with E-state index in [1.165, 1.54) is 53.8 Å². The quantitative estimate of drug-likeness (QED) is 0.434. The van der Waals surface area contributed by atoms with Crippen LogP contribution < -0.4 is 4.90 Å². The molecule has 1 aromatic carbocycles. The fourth-order valence-electron chi connectivity index (χ4n) is 2.93. The molecular weight excluding hydrogens is 372 g/mol. The second-order valence-corrected chi connectivity index (χ2v) is 8.01. The molecule has 1 saturated heterocycles. The number of rotatable bonds is 5. The molecule has 0 aliphatic carbocycles. The summed E-state index contributed by atoms with van der Waals surface area (Å²) in [6.07, 6.45) is 1.47. The summed E-state index contributed by atoms with van der Waals surface area (Å²) in [5, 5.41) is 11.2. The fourth-order valence-corrected chi connectivity index (χ4v) is 4.35. The maximum absolute atomic E-state index is 12.8. The van der Waals surface area contributed by atoms with Crippen LogP contribution in [0.1, 0.15) is 17.3 Å². The van der Waals surface area contributed by atoms with Crippen molar-refractivity contribution >= 4 is 27.3 Å². The number of Topliss-reactive ketones (excluding diaryl/α,β-unsaturated/α-hetero) is 1. The second-order valence-electron chi connectivity index (χ2n) is 6.07. The van der Waals surface area contributed by atoms with Crippen molar-refractivity contribution in [3.8, 4) is 0 Å². The Morgan fingerprint density at radius 2 is 1.74 bits per heavy atom. The first kappa shape index (κ1) is 18.9. The van der Waals surface area contributed by atoms with Crippen molar-refractivity contribution in [3.63, 3.8) is 0 Å². The number of piperazine rings is 1. The first-order chi connectivity index (χ1) is 12.8. The van der Waals surface area contributed by atoms with Gasteiger partial charge >= 0.3 is 5.69 Å². The normalized spacial score (nSPS) is 15.5. The van der Waals surface area contributed by atoms with Crippen LogP contribution in [0.2, 0.25) is 0 Å². The van der Waals surface area contributed by atoms with Crippen molar-refractivity contribution in [1.82, 2.24) is 9.29 Å². The number of sulfonamides is 1. The Morgan fingerprint density at radius 3 is 2.30 bits per heavy atom. The molecule has 1 aromatic heterocycles. The highest BCUT2D eigenvalue weighted by molar-refractivity contribution is 7.89. The highest BCUT2D eigenvalue weighted by Crippen LogP contribution is 2.27. The Labute approximate surface area is 156 Å². The summed E-state index contributed by atoms with van der Waals surface area (Å²) in [5.74, 6) is 0.106. The summed E-state index contributed by atoms with van der Waals surface area (Å²) in [6, 6.07) is 8.69. The number of benzene rings is 1. The van der Waals surface area contributed by atoms with Gasteiger partial charge in [-0.3, -0.25) is 14.9 Å². The van der Waals surface area contributed by atoms with Crippen LogP contribution in [0.4, 0.5) is 11.5 Å². The zero-order valence-corrected chi connectivity index (χ0v) is 15.4. The van der Waals surface area contributed by atoms with Crippen molar-refractivity contribution in [2.75, 3.05) is 31.1 Å². The smallest absolute Gasteiger partial charge is 0.311 e. The van der Waals surface area contributed by atoms with Crippen LogP contribution in [0.25, 0.3) is 0 Å². The molecule has 2 heterocycles. The molecule has 0 spiro atoms. The molecular formula is C17H18N4O5S. The summed E-state index contributed by atoms with van der Waals surface area (Å²) in [6.45, 7) is 2.37. The van der Waals surface area contributed by atoms with Crippen molar-refractivity contribution < 1.29 is 18.1 Å². The van der Waals surface area contributed by atoms with Gasteiger partial charge in [-0.1, -0.05) is 12.1 Å². The van der Waals surface area contributed by atoms with E-state index in [2.05, 4.69) is 4.98 Å². The van der Waals surface area contributed by atoms with E-state index in [1.54, 1.807) is 4.90 Å². The number of anilines is 1. The summed E-state index contributed by atoms with van der Waals surface area (Å²) in [5.41, 5.74) is 0.342. The third-order valence-corrected chi connectivity index (χ3v) is 6.31. The first-order valence-corrected chi connectivity index (χ1v) is 9.70. The van der Waals surface area contributed by atoms with Gasteiger partial charge < -0.3 is 4.90 Å². The van der Waals surface area contributed by atoms with Gasteiger partial charge in [0.2, 0.25) is 15.8 Å². The summed E-state index contributed by atoms with van der Waals surface area (Å²) in [7, 11) is -3.70. The Morgan fingerprint density at radius 1 is 1.11 bits per heavy atom. The van der Waals surface area contributed by atoms with Crippen molar-refractivity contribution in [1.29, 1.82) is 0 Å². The number of nitro groups is 1. The van der Waals surface area contributed by atoms with E-state index in [1.807, 2.05) is 0 Å². The summed E-state index contributed by atoms with van der Waals surface area (Å²) < 4.78 is 26.9. The van der Waals surface area contributed by atoms with Crippen LogP contribution in [0.15, 0.2) is 47.5 Å². The predicted octanol–water partition coefficient (Wildman–Crippen LogP) is 1.70. The minimum atomic E-state index is -3.70. The van der Waals surface area contributed by atoms with Crippen LogP contribution in [0.5, 0.6) is 0 Å². The van der Waals surface area contributed by atoms with Gasteiger partial charge in [-0.15, -0.1) is 0 Å². The lowest BCUT2D eigenvalue weighted by atomic mass is 10.2. The molecule has 0 atom stereocenters. The molecule has 9 nitrogen and oxygen atoms in total. The van der Waals surface area contributed by atoms with E-state index in [9.17, 15) is 23.3 Å². The molecule has 142 valence electrons. The van der Waals surface area contributed by atoms with Crippen LogP contribution >= 0.6 is 0 Å². The topological polar surface area (TPSA) is 114 Å². The van der Waals surface area contributed by atoms with Crippen molar-refractivity contribution in [3.05, 3.63) is 58.3 Å². The molecule has 1 aliphatic heterocycles. The predicted molar refractivity (Wildman–Crippen MR) is 98.3 cm³/mol. The summed E-state index contributed by atoms with van der Waals surface area (Å²) >= 11 is 0. The van der Waals surface area contributed by atoms with Crippen molar-refractivity contribution in [2.45, 2.75) is 11.8 Å². The SMILES string of the molecule is CC(=O)c1ccc(S(=O)(=O)N2CCN(c3ncccc3[N+](=O)[O-])CC2)cc1. The lowest BCUT2D eigenvalue weighted by Gasteiger charge is -2.34. The van der Waals surface area contributed by atoms with Gasteiger partial charge in [0.25, 0.3) is 0 Å². The van der Waals surface area contributed by atoms with Crippen LogP contribution in [-0.2, 0) is 10.0 Å². The number of aromatic nitrogens is 1. The Balaban J connectivity index is 1.75. The largest absolute Gasteiger partial charge is 0.348 e. The molecule has 1 fully saturated rings. The average Bonchev–Trinajstić information content (AvgIpc) is 2.68. The highest BCUT2D eigenvalue weighted by Gasteiger charge is 2.31. The van der Waals surface area contributed by atoms with Crippen LogP contribution in [-0.4, -0.2) is 54.6 Å². The van der Waals surface area contributed by atoms with E-state index in [0.29, 0.717) is 18.7 Å². The van der Waals surface area contributed by atoms with E-state index < -0.39 is 14.9 Å². The monoisotopic (exact) mass is 390 g/mol. The lowest BCUT2D eigenvalue weighted by molar-refractivity contribution is -0.384. The summed E-state index contributed by atoms with van der Waals surface area (Å²) in [4.78, 5) is 27.9. The van der Waals surface area contributed by atoms with E-state index in [4.69, 9.17) is 0 Å². The van der Waals surface area contributed by atoms with Gasteiger partial charge in [0.15, 0.2) is 5.78 Å². The zero-order chi connectivity index (χ0) is 19.6. The molecule has 0 N–H and O–H groups in total. The van der Waals surface area contributed by atoms with Crippen LogP contribution in [0.3, 0.4) is 0 Å². The molecule has 27 heavy (non-hydrogen) atoms. The minimum Gasteiger partial charge on any atom is -0.348 e. The van der Waals surface area contributed by atoms with Gasteiger partial charge in [-0.05, 0) is 25.1 Å². The third-order valence-electron chi connectivity index (χ3n) is 4.40. The molecule has 10 heteroatoms.